The number of nitrogens with zero attached hydrogens (tertiary/aromatic N) is 3. The minimum atomic E-state index is -0.371. The second-order valence-electron chi connectivity index (χ2n) is 9.22. The molecule has 33 heavy (non-hydrogen) atoms. The molecule has 1 aromatic carbocycles. The normalized spacial score (nSPS) is 17.5. The topological polar surface area (TPSA) is 59.4 Å². The molecule has 1 N–H and O–H groups in total. The van der Waals surface area contributed by atoms with Crippen molar-refractivity contribution in [2.75, 3.05) is 11.9 Å². The Hall–Kier alpha value is -2.41. The Morgan fingerprint density at radius 1 is 1.06 bits per heavy atom. The molecule has 0 saturated heterocycles. The van der Waals surface area contributed by atoms with Crippen LogP contribution in [0.25, 0.3) is 0 Å². The zero-order valence-electron chi connectivity index (χ0n) is 19.7. The van der Waals surface area contributed by atoms with E-state index in [-0.39, 0.29) is 5.97 Å². The molecule has 1 heterocycles. The number of rotatable bonds is 7. The van der Waals surface area contributed by atoms with Crippen molar-refractivity contribution >= 4 is 29.1 Å². The number of hydrogen-bond acceptors (Lipinski definition) is 4. The summed E-state index contributed by atoms with van der Waals surface area (Å²) >= 11 is 5.98. The van der Waals surface area contributed by atoms with Gasteiger partial charge in [0.1, 0.15) is 5.56 Å². The molecule has 2 aromatic rings. The van der Waals surface area contributed by atoms with Gasteiger partial charge < -0.3 is 15.0 Å². The summed E-state index contributed by atoms with van der Waals surface area (Å²) in [4.78, 5) is 15.2. The summed E-state index contributed by atoms with van der Waals surface area (Å²) in [6.07, 6.45) is 14.2. The Morgan fingerprint density at radius 3 is 2.24 bits per heavy atom. The molecule has 2 aliphatic carbocycles. The van der Waals surface area contributed by atoms with Crippen molar-refractivity contribution < 1.29 is 9.53 Å². The van der Waals surface area contributed by atoms with Gasteiger partial charge in [0.25, 0.3) is 0 Å². The number of carbonyl (C=O) groups is 1. The monoisotopic (exact) mass is 468 g/mol. The number of benzene rings is 1. The maximum absolute atomic E-state index is 12.7. The van der Waals surface area contributed by atoms with E-state index in [1.807, 2.05) is 25.1 Å². The van der Waals surface area contributed by atoms with Gasteiger partial charge in [-0.2, -0.15) is 5.10 Å². The van der Waals surface area contributed by atoms with E-state index in [2.05, 4.69) is 22.3 Å². The first kappa shape index (κ1) is 23.7. The third-order valence-corrected chi connectivity index (χ3v) is 7.15. The van der Waals surface area contributed by atoms with Gasteiger partial charge in [0.05, 0.1) is 13.2 Å². The average Bonchev–Trinajstić information content (AvgIpc) is 3.23. The van der Waals surface area contributed by atoms with E-state index in [9.17, 15) is 4.79 Å². The fraction of sp³-hybridized carbons (Fsp3) is 0.577. The fourth-order valence-electron chi connectivity index (χ4n) is 5.24. The number of thiocarbonyl (C=S) groups is 1. The van der Waals surface area contributed by atoms with E-state index in [4.69, 9.17) is 22.1 Å². The van der Waals surface area contributed by atoms with Gasteiger partial charge in [0.2, 0.25) is 0 Å². The molecular formula is C26H36N4O2S. The van der Waals surface area contributed by atoms with E-state index < -0.39 is 0 Å². The molecule has 2 aliphatic rings. The highest BCUT2D eigenvalue weighted by molar-refractivity contribution is 7.80. The Labute approximate surface area is 202 Å². The van der Waals surface area contributed by atoms with Crippen molar-refractivity contribution in [1.82, 2.24) is 14.7 Å². The highest BCUT2D eigenvalue weighted by Gasteiger charge is 2.31. The number of aromatic nitrogens is 2. The van der Waals surface area contributed by atoms with Crippen molar-refractivity contribution in [2.24, 2.45) is 0 Å². The van der Waals surface area contributed by atoms with Gasteiger partial charge in [0, 0.05) is 18.3 Å². The summed E-state index contributed by atoms with van der Waals surface area (Å²) in [7, 11) is 0. The van der Waals surface area contributed by atoms with Crippen molar-refractivity contribution in [1.29, 1.82) is 0 Å². The van der Waals surface area contributed by atoms with Crippen molar-refractivity contribution in [3.63, 3.8) is 0 Å². The summed E-state index contributed by atoms with van der Waals surface area (Å²) in [6, 6.07) is 11.1. The predicted octanol–water partition coefficient (Wildman–Crippen LogP) is 5.77. The maximum Gasteiger partial charge on any atom is 0.343 e. The molecule has 0 aliphatic heterocycles. The molecule has 4 rings (SSSR count). The Morgan fingerprint density at radius 2 is 1.67 bits per heavy atom. The maximum atomic E-state index is 12.7. The van der Waals surface area contributed by atoms with Crippen LogP contribution in [0.2, 0.25) is 0 Å². The van der Waals surface area contributed by atoms with Crippen LogP contribution in [0.1, 0.15) is 87.1 Å². The van der Waals surface area contributed by atoms with Crippen LogP contribution >= 0.6 is 12.2 Å². The highest BCUT2D eigenvalue weighted by Crippen LogP contribution is 2.31. The molecule has 2 fully saturated rings. The second-order valence-corrected chi connectivity index (χ2v) is 9.60. The minimum Gasteiger partial charge on any atom is -0.462 e. The molecule has 6 nitrogen and oxygen atoms in total. The van der Waals surface area contributed by atoms with E-state index >= 15 is 0 Å². The molecule has 0 spiro atoms. The first-order valence-corrected chi connectivity index (χ1v) is 12.9. The number of ether oxygens (including phenoxy) is 1. The number of carbonyl (C=O) groups excluding carboxylic acids is 1. The molecule has 178 valence electrons. The quantitative estimate of drug-likeness (QED) is 0.411. The summed E-state index contributed by atoms with van der Waals surface area (Å²) in [5, 5.41) is 8.79. The second kappa shape index (κ2) is 11.6. The van der Waals surface area contributed by atoms with E-state index in [0.29, 0.717) is 41.7 Å². The van der Waals surface area contributed by atoms with Crippen LogP contribution in [0.15, 0.2) is 36.5 Å². The molecular weight excluding hydrogens is 432 g/mol. The fourth-order valence-corrected chi connectivity index (χ4v) is 5.63. The van der Waals surface area contributed by atoms with Gasteiger partial charge in [0.15, 0.2) is 10.9 Å². The van der Waals surface area contributed by atoms with Gasteiger partial charge in [-0.05, 0) is 50.4 Å². The number of esters is 1. The molecule has 0 atom stereocenters. The van der Waals surface area contributed by atoms with Gasteiger partial charge in [-0.25, -0.2) is 4.79 Å². The largest absolute Gasteiger partial charge is 0.462 e. The van der Waals surface area contributed by atoms with Crippen LogP contribution in [0.5, 0.6) is 0 Å². The standard InChI is InChI=1S/C26H36N4O2S/c1-2-32-25(31)23-19-29(18-20-12-6-3-7-13-20)28-24(23)27-26(33)30(21-14-8-4-9-15-21)22-16-10-5-11-17-22/h3,6-7,12-13,19,21-22H,2,4-5,8-11,14-18H2,1H3,(H,27,28,33). The SMILES string of the molecule is CCOC(=O)c1cn(Cc2ccccc2)nc1NC(=S)N(C1CCCCC1)C1CCCCC1. The molecule has 0 unspecified atom stereocenters. The van der Waals surface area contributed by atoms with Gasteiger partial charge in [-0.3, -0.25) is 4.68 Å². The lowest BCUT2D eigenvalue weighted by atomic mass is 9.89. The summed E-state index contributed by atoms with van der Waals surface area (Å²) in [6.45, 7) is 2.72. The minimum absolute atomic E-state index is 0.322. The van der Waals surface area contributed by atoms with E-state index in [1.165, 1.54) is 64.2 Å². The molecule has 7 heteroatoms. The molecule has 0 radical (unpaired) electrons. The average molecular weight is 469 g/mol. The molecule has 1 aromatic heterocycles. The number of anilines is 1. The van der Waals surface area contributed by atoms with Crippen LogP contribution in [-0.2, 0) is 11.3 Å². The Bertz CT molecular complexity index is 900. The number of hydrogen-bond donors (Lipinski definition) is 1. The zero-order chi connectivity index (χ0) is 23.0. The van der Waals surface area contributed by atoms with Crippen LogP contribution in [0, 0.1) is 0 Å². The lowest BCUT2D eigenvalue weighted by molar-refractivity contribution is 0.0527. The summed E-state index contributed by atoms with van der Waals surface area (Å²) < 4.78 is 7.11. The Balaban J connectivity index is 1.57. The van der Waals surface area contributed by atoms with E-state index in [1.54, 1.807) is 10.9 Å². The first-order chi connectivity index (χ1) is 16.2. The van der Waals surface area contributed by atoms with Crippen LogP contribution < -0.4 is 5.32 Å². The first-order valence-electron chi connectivity index (χ1n) is 12.5. The van der Waals surface area contributed by atoms with Crippen molar-refractivity contribution in [2.45, 2.75) is 89.8 Å². The lowest BCUT2D eigenvalue weighted by Gasteiger charge is -2.43. The Kier molecular flexibility index (Phi) is 8.37. The van der Waals surface area contributed by atoms with Gasteiger partial charge >= 0.3 is 5.97 Å². The van der Waals surface area contributed by atoms with Gasteiger partial charge in [-0.1, -0.05) is 68.9 Å². The number of nitrogens with one attached hydrogen (secondary N) is 1. The highest BCUT2D eigenvalue weighted by atomic mass is 32.1. The third-order valence-electron chi connectivity index (χ3n) is 6.84. The molecule has 2 saturated carbocycles. The van der Waals surface area contributed by atoms with Crippen molar-refractivity contribution in [3.05, 3.63) is 47.7 Å². The van der Waals surface area contributed by atoms with Crippen molar-refractivity contribution in [3.8, 4) is 0 Å². The van der Waals surface area contributed by atoms with Crippen LogP contribution in [-0.4, -0.2) is 44.5 Å². The lowest BCUT2D eigenvalue weighted by Crippen LogP contribution is -2.50. The van der Waals surface area contributed by atoms with Crippen LogP contribution in [0.3, 0.4) is 0 Å². The predicted molar refractivity (Wildman–Crippen MR) is 136 cm³/mol. The summed E-state index contributed by atoms with van der Waals surface area (Å²) in [5.74, 6) is 0.120. The third kappa shape index (κ3) is 6.14. The van der Waals surface area contributed by atoms with Crippen LogP contribution in [0.4, 0.5) is 5.82 Å². The van der Waals surface area contributed by atoms with Gasteiger partial charge in [-0.15, -0.1) is 0 Å². The molecule has 0 amide bonds. The molecule has 0 bridgehead atoms. The van der Waals surface area contributed by atoms with E-state index in [0.717, 1.165) is 5.56 Å². The smallest absolute Gasteiger partial charge is 0.343 e. The zero-order valence-corrected chi connectivity index (χ0v) is 20.5. The summed E-state index contributed by atoms with van der Waals surface area (Å²) in [5.41, 5.74) is 1.55.